The van der Waals surface area contributed by atoms with E-state index in [1.165, 1.54) is 24.3 Å². The van der Waals surface area contributed by atoms with Gasteiger partial charge < -0.3 is 9.80 Å². The van der Waals surface area contributed by atoms with E-state index < -0.39 is 0 Å². The summed E-state index contributed by atoms with van der Waals surface area (Å²) in [5, 5.41) is 11.0. The van der Waals surface area contributed by atoms with Gasteiger partial charge in [0.15, 0.2) is 0 Å². The molecule has 1 amide bonds. The highest BCUT2D eigenvalue weighted by Gasteiger charge is 2.31. The summed E-state index contributed by atoms with van der Waals surface area (Å²) < 4.78 is 0. The highest BCUT2D eigenvalue weighted by atomic mass is 32.1. The smallest absolute Gasteiger partial charge is 0.225 e. The Hall–Kier alpha value is -1.17. The molecule has 3 aliphatic rings. The minimum absolute atomic E-state index is 0.319. The van der Waals surface area contributed by atoms with E-state index in [-0.39, 0.29) is 0 Å². The number of hydrogen-bond acceptors (Lipinski definition) is 5. The van der Waals surface area contributed by atoms with E-state index in [0.717, 1.165) is 50.6 Å². The van der Waals surface area contributed by atoms with Gasteiger partial charge in [-0.15, -0.1) is 10.2 Å². The third kappa shape index (κ3) is 2.78. The van der Waals surface area contributed by atoms with Crippen LogP contribution in [0.3, 0.4) is 0 Å². The molecule has 6 heteroatoms. The molecule has 2 heterocycles. The van der Waals surface area contributed by atoms with Crippen LogP contribution in [-0.4, -0.2) is 47.2 Å². The van der Waals surface area contributed by atoms with Gasteiger partial charge in [0.1, 0.15) is 5.01 Å². The fourth-order valence-electron chi connectivity index (χ4n) is 3.09. The first kappa shape index (κ1) is 13.5. The summed E-state index contributed by atoms with van der Waals surface area (Å²) >= 11 is 1.75. The van der Waals surface area contributed by atoms with Crippen LogP contribution in [0.2, 0.25) is 0 Å². The van der Waals surface area contributed by atoms with Gasteiger partial charge in [-0.1, -0.05) is 17.8 Å². The average molecular weight is 306 g/mol. The molecule has 4 rings (SSSR count). The number of rotatable bonds is 3. The van der Waals surface area contributed by atoms with Crippen molar-refractivity contribution >= 4 is 22.4 Å². The van der Waals surface area contributed by atoms with Crippen molar-refractivity contribution < 1.29 is 4.79 Å². The van der Waals surface area contributed by atoms with E-state index in [1.54, 1.807) is 11.3 Å². The van der Waals surface area contributed by atoms with Crippen molar-refractivity contribution in [2.45, 2.75) is 44.4 Å². The lowest BCUT2D eigenvalue weighted by atomic mass is 9.84. The van der Waals surface area contributed by atoms with Gasteiger partial charge in [-0.05, 0) is 32.1 Å². The van der Waals surface area contributed by atoms with Crippen LogP contribution < -0.4 is 4.90 Å². The molecule has 0 atom stereocenters. The van der Waals surface area contributed by atoms with Crippen LogP contribution in [0.15, 0.2) is 0 Å². The second-order valence-electron chi connectivity index (χ2n) is 6.49. The summed E-state index contributed by atoms with van der Waals surface area (Å²) in [6.07, 6.45) is 7.01. The topological polar surface area (TPSA) is 49.3 Å². The highest BCUT2D eigenvalue weighted by Crippen LogP contribution is 2.42. The first-order chi connectivity index (χ1) is 10.3. The molecule has 0 N–H and O–H groups in total. The van der Waals surface area contributed by atoms with Crippen molar-refractivity contribution in [3.05, 3.63) is 5.01 Å². The Bertz CT molecular complexity index is 523. The molecule has 0 bridgehead atoms. The zero-order valence-corrected chi connectivity index (χ0v) is 13.1. The summed E-state index contributed by atoms with van der Waals surface area (Å²) in [5.41, 5.74) is 0. The van der Waals surface area contributed by atoms with Gasteiger partial charge in [0, 0.05) is 38.0 Å². The molecule has 5 nitrogen and oxygen atoms in total. The maximum Gasteiger partial charge on any atom is 0.225 e. The monoisotopic (exact) mass is 306 g/mol. The molecule has 0 spiro atoms. The predicted molar refractivity (Wildman–Crippen MR) is 82.6 cm³/mol. The molecular weight excluding hydrogens is 284 g/mol. The number of anilines is 1. The molecule has 0 aromatic carbocycles. The first-order valence-corrected chi connectivity index (χ1v) is 9.00. The number of aromatic nitrogens is 2. The molecule has 1 aliphatic heterocycles. The zero-order chi connectivity index (χ0) is 14.2. The summed E-state index contributed by atoms with van der Waals surface area (Å²) in [6.45, 7) is 3.64. The van der Waals surface area contributed by atoms with Crippen molar-refractivity contribution in [1.29, 1.82) is 0 Å². The van der Waals surface area contributed by atoms with E-state index >= 15 is 0 Å². The molecular formula is C15H22N4OS. The molecule has 1 saturated heterocycles. The van der Waals surface area contributed by atoms with Crippen molar-refractivity contribution in [1.82, 2.24) is 15.1 Å². The van der Waals surface area contributed by atoms with Crippen LogP contribution in [0.1, 0.15) is 49.5 Å². The predicted octanol–water partition coefficient (Wildman–Crippen LogP) is 2.25. The van der Waals surface area contributed by atoms with Crippen molar-refractivity contribution in [2.24, 2.45) is 5.92 Å². The normalized spacial score (nSPS) is 23.8. The average Bonchev–Trinajstić information content (AvgIpc) is 3.20. The van der Waals surface area contributed by atoms with Gasteiger partial charge in [-0.3, -0.25) is 4.79 Å². The van der Waals surface area contributed by atoms with E-state index in [2.05, 4.69) is 20.0 Å². The standard InChI is InChI=1S/C15H22N4OS/c20-14(12-3-1-4-12)18-7-2-8-19(10-9-18)15-17-16-13(21-15)11-5-6-11/h11-12H,1-10H2. The van der Waals surface area contributed by atoms with Crippen LogP contribution in [-0.2, 0) is 4.79 Å². The van der Waals surface area contributed by atoms with Crippen LogP contribution in [0.25, 0.3) is 0 Å². The van der Waals surface area contributed by atoms with E-state index in [4.69, 9.17) is 0 Å². The van der Waals surface area contributed by atoms with Gasteiger partial charge in [-0.2, -0.15) is 0 Å². The Kier molecular flexibility index (Phi) is 3.57. The zero-order valence-electron chi connectivity index (χ0n) is 12.3. The quantitative estimate of drug-likeness (QED) is 0.859. The first-order valence-electron chi connectivity index (χ1n) is 8.18. The fraction of sp³-hybridized carbons (Fsp3) is 0.800. The minimum Gasteiger partial charge on any atom is -0.345 e. The van der Waals surface area contributed by atoms with Crippen molar-refractivity contribution in [2.75, 3.05) is 31.1 Å². The molecule has 1 aromatic rings. The Morgan fingerprint density at radius 2 is 1.86 bits per heavy atom. The van der Waals surface area contributed by atoms with Crippen LogP contribution in [0.5, 0.6) is 0 Å². The summed E-state index contributed by atoms with van der Waals surface area (Å²) in [7, 11) is 0. The lowest BCUT2D eigenvalue weighted by Gasteiger charge is -2.30. The summed E-state index contributed by atoms with van der Waals surface area (Å²) in [4.78, 5) is 16.8. The van der Waals surface area contributed by atoms with Crippen molar-refractivity contribution in [3.63, 3.8) is 0 Å². The van der Waals surface area contributed by atoms with Crippen molar-refractivity contribution in [3.8, 4) is 0 Å². The van der Waals surface area contributed by atoms with Gasteiger partial charge in [0.25, 0.3) is 0 Å². The fourth-order valence-corrected chi connectivity index (χ4v) is 4.16. The second kappa shape index (κ2) is 5.55. The molecule has 114 valence electrons. The number of carbonyl (C=O) groups excluding carboxylic acids is 1. The number of carbonyl (C=O) groups is 1. The lowest BCUT2D eigenvalue weighted by molar-refractivity contribution is -0.137. The van der Waals surface area contributed by atoms with E-state index in [1.807, 2.05) is 0 Å². The highest BCUT2D eigenvalue weighted by molar-refractivity contribution is 7.15. The van der Waals surface area contributed by atoms with Crippen LogP contribution in [0.4, 0.5) is 5.13 Å². The molecule has 1 aromatic heterocycles. The van der Waals surface area contributed by atoms with Crippen LogP contribution >= 0.6 is 11.3 Å². The Morgan fingerprint density at radius 3 is 2.57 bits per heavy atom. The molecule has 3 fully saturated rings. The SMILES string of the molecule is O=C(C1CCC1)N1CCCN(c2nnc(C3CC3)s2)CC1. The number of amides is 1. The molecule has 0 radical (unpaired) electrons. The van der Waals surface area contributed by atoms with Crippen LogP contribution in [0, 0.1) is 5.92 Å². The van der Waals surface area contributed by atoms with Gasteiger partial charge >= 0.3 is 0 Å². The lowest BCUT2D eigenvalue weighted by Crippen LogP contribution is -2.41. The van der Waals surface area contributed by atoms with Gasteiger partial charge in [-0.25, -0.2) is 0 Å². The number of nitrogens with zero attached hydrogens (tertiary/aromatic N) is 4. The molecule has 2 saturated carbocycles. The maximum absolute atomic E-state index is 12.4. The largest absolute Gasteiger partial charge is 0.345 e. The number of hydrogen-bond donors (Lipinski definition) is 0. The Labute approximate surface area is 129 Å². The third-order valence-electron chi connectivity index (χ3n) is 4.89. The Balaban J connectivity index is 1.38. The molecule has 2 aliphatic carbocycles. The maximum atomic E-state index is 12.4. The minimum atomic E-state index is 0.319. The second-order valence-corrected chi connectivity index (χ2v) is 7.48. The van der Waals surface area contributed by atoms with Gasteiger partial charge in [0.05, 0.1) is 0 Å². The van der Waals surface area contributed by atoms with Gasteiger partial charge in [0.2, 0.25) is 11.0 Å². The summed E-state index contributed by atoms with van der Waals surface area (Å²) in [5.74, 6) is 1.39. The van der Waals surface area contributed by atoms with E-state index in [9.17, 15) is 4.79 Å². The summed E-state index contributed by atoms with van der Waals surface area (Å²) in [6, 6.07) is 0. The third-order valence-corrected chi connectivity index (χ3v) is 6.04. The molecule has 21 heavy (non-hydrogen) atoms. The Morgan fingerprint density at radius 1 is 1.00 bits per heavy atom. The van der Waals surface area contributed by atoms with E-state index in [0.29, 0.717) is 17.7 Å². The molecule has 0 unspecified atom stereocenters.